The van der Waals surface area contributed by atoms with Gasteiger partial charge in [-0.2, -0.15) is 13.2 Å². The molecule has 1 fully saturated rings. The average Bonchev–Trinajstić information content (AvgIpc) is 2.86. The third kappa shape index (κ3) is 5.98. The predicted molar refractivity (Wildman–Crippen MR) is 126 cm³/mol. The number of likely N-dealkylation sites (tertiary alicyclic amines) is 1. The molecule has 1 aliphatic rings. The van der Waals surface area contributed by atoms with Gasteiger partial charge in [0.1, 0.15) is 6.54 Å². The third-order valence-electron chi connectivity index (χ3n) is 6.04. The Hall–Kier alpha value is -3.88. The molecule has 182 valence electrons. The number of halogens is 3. The van der Waals surface area contributed by atoms with Crippen LogP contribution in [0.2, 0.25) is 0 Å². The fraction of sp³-hybridized carbons (Fsp3) is 0.269. The van der Waals surface area contributed by atoms with E-state index in [0.29, 0.717) is 37.2 Å². The lowest BCUT2D eigenvalue weighted by molar-refractivity contribution is -0.123. The van der Waals surface area contributed by atoms with Gasteiger partial charge < -0.3 is 15.5 Å². The summed E-state index contributed by atoms with van der Waals surface area (Å²) in [5.41, 5.74) is 1.15. The number of fused-ring (bicyclic) bond motifs is 1. The van der Waals surface area contributed by atoms with Crippen LogP contribution in [0.1, 0.15) is 33.6 Å². The molecule has 35 heavy (non-hydrogen) atoms. The van der Waals surface area contributed by atoms with Crippen molar-refractivity contribution < 1.29 is 27.6 Å². The standard InChI is InChI=1S/C26H24F3N3O3/c27-26(28,29)16-30-23(33)18-8-10-20(11-9-18)31-24(34)19-12-14-32(15-13-19)25(35)22-7-3-5-17-4-1-2-6-21(17)22/h1-11,19H,12-16H2,(H,30,33)(H,31,34). The first-order valence-corrected chi connectivity index (χ1v) is 11.2. The van der Waals surface area contributed by atoms with Crippen LogP contribution < -0.4 is 10.6 Å². The number of piperidine rings is 1. The topological polar surface area (TPSA) is 78.5 Å². The van der Waals surface area contributed by atoms with Crippen LogP contribution in [0.15, 0.2) is 66.7 Å². The molecule has 0 unspecified atom stereocenters. The maximum atomic E-state index is 13.1. The number of nitrogens with zero attached hydrogens (tertiary/aromatic N) is 1. The molecule has 2 N–H and O–H groups in total. The molecular formula is C26H24F3N3O3. The molecule has 3 amide bonds. The summed E-state index contributed by atoms with van der Waals surface area (Å²) in [4.78, 5) is 39.4. The highest BCUT2D eigenvalue weighted by Gasteiger charge is 2.29. The molecule has 0 saturated carbocycles. The number of anilines is 1. The first-order valence-electron chi connectivity index (χ1n) is 11.2. The van der Waals surface area contributed by atoms with Crippen LogP contribution in [0.4, 0.5) is 18.9 Å². The largest absolute Gasteiger partial charge is 0.405 e. The van der Waals surface area contributed by atoms with E-state index in [4.69, 9.17) is 0 Å². The zero-order valence-corrected chi connectivity index (χ0v) is 18.8. The van der Waals surface area contributed by atoms with Crippen molar-refractivity contribution in [3.63, 3.8) is 0 Å². The number of alkyl halides is 3. The smallest absolute Gasteiger partial charge is 0.343 e. The minimum absolute atomic E-state index is 0.0555. The van der Waals surface area contributed by atoms with E-state index in [-0.39, 0.29) is 23.3 Å². The van der Waals surface area contributed by atoms with Crippen molar-refractivity contribution in [3.8, 4) is 0 Å². The summed E-state index contributed by atoms with van der Waals surface area (Å²) >= 11 is 0. The summed E-state index contributed by atoms with van der Waals surface area (Å²) in [6.45, 7) is -0.497. The summed E-state index contributed by atoms with van der Waals surface area (Å²) in [6, 6.07) is 19.0. The molecular weight excluding hydrogens is 459 g/mol. The fourth-order valence-electron chi connectivity index (χ4n) is 4.16. The van der Waals surface area contributed by atoms with Gasteiger partial charge in [0.2, 0.25) is 5.91 Å². The predicted octanol–water partition coefficient (Wildman–Crippen LogP) is 4.62. The number of hydrogen-bond acceptors (Lipinski definition) is 3. The number of benzene rings is 3. The second-order valence-corrected chi connectivity index (χ2v) is 8.46. The Morgan fingerprint density at radius 3 is 2.23 bits per heavy atom. The number of hydrogen-bond donors (Lipinski definition) is 2. The highest BCUT2D eigenvalue weighted by atomic mass is 19.4. The minimum Gasteiger partial charge on any atom is -0.343 e. The van der Waals surface area contributed by atoms with Crippen molar-refractivity contribution in [1.82, 2.24) is 10.2 Å². The molecule has 0 spiro atoms. The van der Waals surface area contributed by atoms with Gasteiger partial charge in [-0.3, -0.25) is 14.4 Å². The van der Waals surface area contributed by atoms with Gasteiger partial charge in [0.25, 0.3) is 11.8 Å². The van der Waals surface area contributed by atoms with Crippen molar-refractivity contribution in [2.24, 2.45) is 5.92 Å². The quantitative estimate of drug-likeness (QED) is 0.556. The molecule has 9 heteroatoms. The van der Waals surface area contributed by atoms with Crippen LogP contribution >= 0.6 is 0 Å². The molecule has 1 heterocycles. The Bertz CT molecular complexity index is 1230. The van der Waals surface area contributed by atoms with Crippen molar-refractivity contribution in [3.05, 3.63) is 77.9 Å². The second-order valence-electron chi connectivity index (χ2n) is 8.46. The van der Waals surface area contributed by atoms with Gasteiger partial charge >= 0.3 is 6.18 Å². The molecule has 0 atom stereocenters. The fourth-order valence-corrected chi connectivity index (χ4v) is 4.16. The zero-order chi connectivity index (χ0) is 25.0. The molecule has 1 aliphatic heterocycles. The van der Waals surface area contributed by atoms with E-state index in [0.717, 1.165) is 10.8 Å². The number of carbonyl (C=O) groups is 3. The van der Waals surface area contributed by atoms with Crippen molar-refractivity contribution >= 4 is 34.2 Å². The molecule has 0 aromatic heterocycles. The normalized spacial score (nSPS) is 14.5. The third-order valence-corrected chi connectivity index (χ3v) is 6.04. The monoisotopic (exact) mass is 483 g/mol. The maximum Gasteiger partial charge on any atom is 0.405 e. The number of carbonyl (C=O) groups excluding carboxylic acids is 3. The molecule has 0 aliphatic carbocycles. The maximum absolute atomic E-state index is 13.1. The summed E-state index contributed by atoms with van der Waals surface area (Å²) in [5.74, 6) is -1.37. The van der Waals surface area contributed by atoms with Crippen molar-refractivity contribution in [2.75, 3.05) is 25.0 Å². The van der Waals surface area contributed by atoms with E-state index in [2.05, 4.69) is 5.32 Å². The van der Waals surface area contributed by atoms with E-state index in [1.807, 2.05) is 42.5 Å². The van der Waals surface area contributed by atoms with E-state index in [9.17, 15) is 27.6 Å². The van der Waals surface area contributed by atoms with Crippen LogP contribution in [0, 0.1) is 5.92 Å². The van der Waals surface area contributed by atoms with Gasteiger partial charge in [0.15, 0.2) is 0 Å². The molecule has 0 radical (unpaired) electrons. The molecule has 0 bridgehead atoms. The van der Waals surface area contributed by atoms with Crippen LogP contribution in [-0.2, 0) is 4.79 Å². The van der Waals surface area contributed by atoms with E-state index in [1.165, 1.54) is 24.3 Å². The number of nitrogens with one attached hydrogen (secondary N) is 2. The van der Waals surface area contributed by atoms with Gasteiger partial charge in [-0.1, -0.05) is 36.4 Å². The molecule has 1 saturated heterocycles. The average molecular weight is 483 g/mol. The van der Waals surface area contributed by atoms with Crippen molar-refractivity contribution in [1.29, 1.82) is 0 Å². The number of rotatable bonds is 5. The zero-order valence-electron chi connectivity index (χ0n) is 18.8. The van der Waals surface area contributed by atoms with Gasteiger partial charge in [-0.05, 0) is 53.9 Å². The summed E-state index contributed by atoms with van der Waals surface area (Å²) in [7, 11) is 0. The molecule has 4 rings (SSSR count). The Balaban J connectivity index is 1.31. The van der Waals surface area contributed by atoms with Gasteiger partial charge in [0.05, 0.1) is 0 Å². The first-order chi connectivity index (χ1) is 16.7. The lowest BCUT2D eigenvalue weighted by Gasteiger charge is -2.31. The Kier molecular flexibility index (Phi) is 7.04. The van der Waals surface area contributed by atoms with Gasteiger partial charge in [-0.15, -0.1) is 0 Å². The lowest BCUT2D eigenvalue weighted by Crippen LogP contribution is -2.41. The van der Waals surface area contributed by atoms with Crippen LogP contribution in [0.25, 0.3) is 10.8 Å². The Morgan fingerprint density at radius 1 is 0.886 bits per heavy atom. The van der Waals surface area contributed by atoms with Crippen LogP contribution in [0.3, 0.4) is 0 Å². The SMILES string of the molecule is O=C(NCC(F)(F)F)c1ccc(NC(=O)C2CCN(C(=O)c3cccc4ccccc34)CC2)cc1. The van der Waals surface area contributed by atoms with Crippen molar-refractivity contribution in [2.45, 2.75) is 19.0 Å². The van der Waals surface area contributed by atoms with E-state index >= 15 is 0 Å². The highest BCUT2D eigenvalue weighted by molar-refractivity contribution is 6.07. The summed E-state index contributed by atoms with van der Waals surface area (Å²) in [6.07, 6.45) is -3.46. The molecule has 6 nitrogen and oxygen atoms in total. The molecule has 3 aromatic rings. The number of amides is 3. The Morgan fingerprint density at radius 2 is 1.54 bits per heavy atom. The van der Waals surface area contributed by atoms with E-state index in [1.54, 1.807) is 10.2 Å². The first kappa shape index (κ1) is 24.3. The minimum atomic E-state index is -4.49. The van der Waals surface area contributed by atoms with Crippen LogP contribution in [-0.4, -0.2) is 48.4 Å². The lowest BCUT2D eigenvalue weighted by atomic mass is 9.94. The van der Waals surface area contributed by atoms with Crippen LogP contribution in [0.5, 0.6) is 0 Å². The summed E-state index contributed by atoms with van der Waals surface area (Å²) < 4.78 is 36.7. The summed E-state index contributed by atoms with van der Waals surface area (Å²) in [5, 5.41) is 6.48. The van der Waals surface area contributed by atoms with Gasteiger partial charge in [0, 0.05) is 35.8 Å². The second kappa shape index (κ2) is 10.2. The highest BCUT2D eigenvalue weighted by Crippen LogP contribution is 2.24. The van der Waals surface area contributed by atoms with E-state index < -0.39 is 18.6 Å². The Labute approximate surface area is 200 Å². The molecule has 3 aromatic carbocycles. The van der Waals surface area contributed by atoms with Gasteiger partial charge in [-0.25, -0.2) is 0 Å².